The van der Waals surface area contributed by atoms with Crippen LogP contribution in [0.25, 0.3) is 11.0 Å². The van der Waals surface area contributed by atoms with Gasteiger partial charge in [-0.3, -0.25) is 67.3 Å². The number of phenolic OH excluding ortho intramolecular Hbond substituents is 1. The fourth-order valence-electron chi connectivity index (χ4n) is 12.1. The summed E-state index contributed by atoms with van der Waals surface area (Å²) in [5.74, 6) is -10.9. The fourth-order valence-corrected chi connectivity index (χ4v) is 14.4. The van der Waals surface area contributed by atoms with E-state index in [-0.39, 0.29) is 67.9 Å². The van der Waals surface area contributed by atoms with Crippen molar-refractivity contribution in [3.8, 4) is 11.5 Å². The number of aliphatic hydroxyl groups excluding tert-OH is 2. The van der Waals surface area contributed by atoms with Gasteiger partial charge in [-0.05, 0) is 130 Å². The third kappa shape index (κ3) is 24.7. The molecule has 0 radical (unpaired) electrons. The highest BCUT2D eigenvalue weighted by Crippen LogP contribution is 2.37. The molecule has 12 atom stereocenters. The number of amides is 12. The molecule has 3 aromatic carbocycles. The number of hydrogen-bond acceptors (Lipinski definition) is 20. The van der Waals surface area contributed by atoms with Crippen molar-refractivity contribution < 1.29 is 91.7 Å². The second-order valence-electron chi connectivity index (χ2n) is 29.6. The molecule has 2 unspecified atom stereocenters. The van der Waals surface area contributed by atoms with Crippen LogP contribution in [0.15, 0.2) is 97.3 Å². The molecule has 2 aliphatic rings. The summed E-state index contributed by atoms with van der Waals surface area (Å²) in [6.07, 6.45) is -0.675. The van der Waals surface area contributed by atoms with Crippen LogP contribution in [0.2, 0.25) is 0 Å². The van der Waals surface area contributed by atoms with Crippen LogP contribution in [-0.4, -0.2) is 207 Å². The Balaban J connectivity index is 1.21. The maximum atomic E-state index is 15.0. The number of H-pyrrole nitrogens is 1. The molecule has 110 heavy (non-hydrogen) atoms. The lowest BCUT2D eigenvalue weighted by Crippen LogP contribution is -2.67. The molecule has 0 aliphatic carbocycles. The largest absolute Gasteiger partial charge is 0.524 e. The number of aliphatic hydroxyl groups is 2. The molecule has 7 rings (SSSR count). The van der Waals surface area contributed by atoms with Gasteiger partial charge in [0.05, 0.1) is 12.2 Å². The number of pyridine rings is 1. The maximum Gasteiger partial charge on any atom is 0.524 e. The minimum absolute atomic E-state index is 0.0138. The van der Waals surface area contributed by atoms with E-state index in [0.717, 1.165) is 11.1 Å². The van der Waals surface area contributed by atoms with E-state index in [1.54, 1.807) is 65.1 Å². The maximum absolute atomic E-state index is 15.0. The highest BCUT2D eigenvalue weighted by Gasteiger charge is 2.46. The number of fused-ring (bicyclic) bond motifs is 4. The Labute approximate surface area is 645 Å². The Bertz CT molecular complexity index is 4210. The van der Waals surface area contributed by atoms with Gasteiger partial charge in [0.15, 0.2) is 0 Å². The van der Waals surface area contributed by atoms with Crippen molar-refractivity contribution in [1.29, 1.82) is 0 Å². The van der Waals surface area contributed by atoms with Gasteiger partial charge in [0, 0.05) is 73.0 Å². The summed E-state index contributed by atoms with van der Waals surface area (Å²) in [6.45, 7) is 15.9. The van der Waals surface area contributed by atoms with E-state index in [4.69, 9.17) is 5.73 Å². The molecular weight excluding hydrogens is 1480 g/mol. The highest BCUT2D eigenvalue weighted by atomic mass is 32.2. The SMILES string of the molecule is CC(C)[C@]1(C)NC(=O)[C@H](Cc2ccc(OP(=O)(O)O)cc2)NC(=O)[C@H](C)NC(=O)C(C)(C)NC(=O)[C@H](Cc2c[nH]c3ncccc23)NC(=O)[C@H]([C@@H](C)O)NC(=O)[C@@H]2CCCN2C(=O)[C@H](Cc2ccc(O)cc2)NC(=O)C(C(C)(C)C)NC(=O)CCSCc2cccc(c2)CSC[C@H](C(N)=O)NC(=O)C([C@H](C)O)NC1=O. The van der Waals surface area contributed by atoms with Crippen LogP contribution in [0, 0.1) is 11.3 Å². The van der Waals surface area contributed by atoms with E-state index in [0.29, 0.717) is 39.4 Å². The molecule has 1 fully saturated rings. The number of primary amides is 1. The molecular formula is C74H101N14O19PS2. The number of benzene rings is 3. The van der Waals surface area contributed by atoms with E-state index in [1.165, 1.54) is 113 Å². The first-order chi connectivity index (χ1) is 51.5. The molecule has 2 aliphatic heterocycles. The van der Waals surface area contributed by atoms with Crippen LogP contribution < -0.4 is 63.4 Å². The molecule has 33 nitrogen and oxygen atoms in total. The Morgan fingerprint density at radius 3 is 1.85 bits per heavy atom. The van der Waals surface area contributed by atoms with E-state index >= 15 is 4.79 Å². The van der Waals surface area contributed by atoms with Gasteiger partial charge in [-0.2, -0.15) is 23.5 Å². The predicted molar refractivity (Wildman–Crippen MR) is 409 cm³/mol. The first-order valence-corrected chi connectivity index (χ1v) is 39.7. The van der Waals surface area contributed by atoms with Crippen molar-refractivity contribution >= 4 is 113 Å². The van der Waals surface area contributed by atoms with Crippen LogP contribution in [0.1, 0.15) is 123 Å². The lowest BCUT2D eigenvalue weighted by atomic mass is 9.85. The number of rotatable bonds is 12. The molecule has 5 aromatic rings. The van der Waals surface area contributed by atoms with Crippen molar-refractivity contribution in [1.82, 2.24) is 68.0 Å². The molecule has 12 amide bonds. The molecule has 1 saturated heterocycles. The summed E-state index contributed by atoms with van der Waals surface area (Å²) in [7, 11) is -5.02. The topological polar surface area (TPSA) is 511 Å². The van der Waals surface area contributed by atoms with E-state index < -0.39 is 168 Å². The lowest BCUT2D eigenvalue weighted by molar-refractivity contribution is -0.143. The summed E-state index contributed by atoms with van der Waals surface area (Å²) < 4.78 is 16.4. The number of carbonyl (C=O) groups is 12. The normalized spacial score (nSPS) is 25.1. The first kappa shape index (κ1) is 87.6. The van der Waals surface area contributed by atoms with E-state index in [2.05, 4.69) is 67.7 Å². The number of thioether (sulfide) groups is 2. The van der Waals surface area contributed by atoms with Crippen molar-refractivity contribution in [3.05, 3.63) is 125 Å². The van der Waals surface area contributed by atoms with Crippen molar-refractivity contribution in [2.24, 2.45) is 17.1 Å². The van der Waals surface area contributed by atoms with Crippen LogP contribution in [0.4, 0.5) is 0 Å². The number of phosphoric ester groups is 1. The number of phosphoric acid groups is 1. The molecule has 4 heterocycles. The number of nitrogens with one attached hydrogen (secondary N) is 11. The molecule has 598 valence electrons. The summed E-state index contributed by atoms with van der Waals surface area (Å²) in [5.41, 5.74) is 4.31. The second kappa shape index (κ2) is 38.3. The smallest absolute Gasteiger partial charge is 0.508 e. The van der Waals surface area contributed by atoms with E-state index in [1.807, 2.05) is 24.3 Å². The third-order valence-corrected chi connectivity index (χ3v) is 21.5. The van der Waals surface area contributed by atoms with Crippen LogP contribution >= 0.6 is 31.3 Å². The standard InChI is InChI=1S/C74H101N14O19PS2/c1-39(2)74(11)71(103)85-58(42(5)90)67(99)82-54(60(75)93)38-110-37-46-16-12-15-45(31-46)36-109-30-27-56(92)83-59(72(6,7)8)68(100)81-53(33-43-19-23-48(91)24-20-43)69(101)88-29-14-18-55(88)65(97)84-57(41(4)89)66(98)80-52(34-47-35-77-61-50(47)17-13-28-76-61)63(95)86-73(9,10)70(102)78-40(3)62(94)79-51(64(96)87-74)32-44-21-25-49(26-22-44)107-108(104,105)106/h12-13,15-17,19-26,28,31,35,39-42,51-55,57-59,89-91H,14,18,27,29-30,32-34,36-38H2,1-11H3,(H2,75,93)(H,76,77)(H,78,102)(H,79,94)(H,80,98)(H,81,100)(H,82,99)(H,83,92)(H,84,97)(H,85,103)(H,86,95)(H,87,96)(H2,104,105,106)/t40-,41+,42-,51-,52-,53-,54+,55-,57-,58?,59?,74-/m0/s1. The predicted octanol–water partition coefficient (Wildman–Crippen LogP) is 0.946. The fraction of sp³-hybridized carbons (Fsp3) is 0.500. The Morgan fingerprint density at radius 2 is 1.25 bits per heavy atom. The Hall–Kier alpha value is -9.64. The van der Waals surface area contributed by atoms with Gasteiger partial charge in [-0.1, -0.05) is 83.1 Å². The van der Waals surface area contributed by atoms with Crippen LogP contribution in [0.5, 0.6) is 11.5 Å². The summed E-state index contributed by atoms with van der Waals surface area (Å²) in [6, 6.07) is 8.28. The zero-order valence-electron chi connectivity index (χ0n) is 63.1. The van der Waals surface area contributed by atoms with Crippen molar-refractivity contribution in [3.63, 3.8) is 0 Å². The average molecular weight is 1590 g/mol. The number of phenols is 1. The molecule has 0 spiro atoms. The molecule has 36 heteroatoms. The number of carbonyl (C=O) groups excluding carboxylic acids is 12. The van der Waals surface area contributed by atoms with Gasteiger partial charge in [-0.15, -0.1) is 0 Å². The zero-order chi connectivity index (χ0) is 81.3. The number of hydrogen-bond donors (Lipinski definition) is 17. The van der Waals surface area contributed by atoms with Crippen LogP contribution in [-0.2, 0) is 92.9 Å². The molecule has 2 aromatic heterocycles. The summed E-state index contributed by atoms with van der Waals surface area (Å²) >= 11 is 2.68. The summed E-state index contributed by atoms with van der Waals surface area (Å²) in [5, 5.41) is 59.4. The molecule has 0 saturated carbocycles. The lowest BCUT2D eigenvalue weighted by Gasteiger charge is -2.36. The second-order valence-corrected chi connectivity index (χ2v) is 32.9. The van der Waals surface area contributed by atoms with Crippen molar-refractivity contribution in [2.45, 2.75) is 204 Å². The third-order valence-electron chi connectivity index (χ3n) is 18.9. The minimum Gasteiger partial charge on any atom is -0.508 e. The number of nitrogens with zero attached hydrogens (tertiary/aromatic N) is 2. The Morgan fingerprint density at radius 1 is 0.673 bits per heavy atom. The first-order valence-electron chi connectivity index (χ1n) is 35.8. The highest BCUT2D eigenvalue weighted by molar-refractivity contribution is 7.98. The van der Waals surface area contributed by atoms with Gasteiger partial charge >= 0.3 is 7.82 Å². The van der Waals surface area contributed by atoms with Crippen LogP contribution in [0.3, 0.4) is 0 Å². The number of aromatic amines is 1. The van der Waals surface area contributed by atoms with Gasteiger partial charge in [0.25, 0.3) is 0 Å². The monoisotopic (exact) mass is 1580 g/mol. The molecule has 18 N–H and O–H groups in total. The minimum atomic E-state index is -5.02. The summed E-state index contributed by atoms with van der Waals surface area (Å²) in [4.78, 5) is 200. The quantitative estimate of drug-likeness (QED) is 0.0773. The number of aromatic nitrogens is 2. The molecule has 2 bridgehead atoms. The van der Waals surface area contributed by atoms with Crippen molar-refractivity contribution in [2.75, 3.05) is 18.1 Å². The Kier molecular flexibility index (Phi) is 30.5. The van der Waals surface area contributed by atoms with Gasteiger partial charge < -0.3 is 88.6 Å². The van der Waals surface area contributed by atoms with E-state index in [9.17, 15) is 82.4 Å². The van der Waals surface area contributed by atoms with Gasteiger partial charge in [0.1, 0.15) is 82.6 Å². The zero-order valence-corrected chi connectivity index (χ0v) is 65.7. The average Bonchev–Trinajstić information content (AvgIpc) is 0.993. The number of nitrogens with two attached hydrogens (primary N) is 1. The van der Waals surface area contributed by atoms with Gasteiger partial charge in [0.2, 0.25) is 70.9 Å². The number of aromatic hydroxyl groups is 1. The van der Waals surface area contributed by atoms with Gasteiger partial charge in [-0.25, -0.2) is 9.55 Å².